The quantitative estimate of drug-likeness (QED) is 0.171. The van der Waals surface area contributed by atoms with Crippen LogP contribution in [0.25, 0.3) is 16.0 Å². The van der Waals surface area contributed by atoms with E-state index in [1.165, 1.54) is 35.5 Å². The molecule has 1 unspecified atom stereocenters. The zero-order valence-electron chi connectivity index (χ0n) is 21.5. The van der Waals surface area contributed by atoms with Crippen LogP contribution in [0.4, 0.5) is 5.13 Å². The van der Waals surface area contributed by atoms with E-state index in [1.807, 2.05) is 19.9 Å². The van der Waals surface area contributed by atoms with E-state index in [2.05, 4.69) is 4.98 Å². The molecule has 10 heteroatoms. The SMILES string of the molecule is CCOc1cccc(C(O)=C2C(=O)C(=O)N(c3nc4ccc(OCC)cc4s3)C2c2ccc(O)c(OC)c2)c1. The summed E-state index contributed by atoms with van der Waals surface area (Å²) in [4.78, 5) is 33.0. The lowest BCUT2D eigenvalue weighted by molar-refractivity contribution is -0.132. The van der Waals surface area contributed by atoms with E-state index in [1.54, 1.807) is 42.5 Å². The molecule has 0 spiro atoms. The highest BCUT2D eigenvalue weighted by atomic mass is 32.1. The molecule has 1 atom stereocenters. The summed E-state index contributed by atoms with van der Waals surface area (Å²) in [6.45, 7) is 4.65. The number of benzene rings is 3. The lowest BCUT2D eigenvalue weighted by atomic mass is 9.95. The Morgan fingerprint density at radius 2 is 1.74 bits per heavy atom. The Labute approximate surface area is 228 Å². The summed E-state index contributed by atoms with van der Waals surface area (Å²) >= 11 is 1.23. The van der Waals surface area contributed by atoms with Crippen molar-refractivity contribution in [2.75, 3.05) is 25.2 Å². The van der Waals surface area contributed by atoms with Gasteiger partial charge in [0.15, 0.2) is 16.6 Å². The molecule has 1 aromatic heterocycles. The van der Waals surface area contributed by atoms with Crippen LogP contribution in [0.1, 0.15) is 31.0 Å². The molecule has 2 heterocycles. The zero-order valence-corrected chi connectivity index (χ0v) is 22.3. The van der Waals surface area contributed by atoms with Crippen molar-refractivity contribution in [2.24, 2.45) is 0 Å². The largest absolute Gasteiger partial charge is 0.507 e. The number of aliphatic hydroxyl groups excluding tert-OH is 1. The minimum atomic E-state index is -1.04. The lowest BCUT2D eigenvalue weighted by Gasteiger charge is -2.23. The molecule has 39 heavy (non-hydrogen) atoms. The molecule has 1 saturated heterocycles. The van der Waals surface area contributed by atoms with E-state index >= 15 is 0 Å². The number of hydrogen-bond donors (Lipinski definition) is 2. The summed E-state index contributed by atoms with van der Waals surface area (Å²) in [6, 6.07) is 15.5. The fraction of sp³-hybridized carbons (Fsp3) is 0.207. The predicted octanol–water partition coefficient (Wildman–Crippen LogP) is 5.43. The Bertz CT molecular complexity index is 1610. The fourth-order valence-electron chi connectivity index (χ4n) is 4.52. The maximum absolute atomic E-state index is 13.5. The van der Waals surface area contributed by atoms with Crippen LogP contribution in [0.5, 0.6) is 23.0 Å². The molecule has 0 saturated carbocycles. The number of aromatic hydroxyl groups is 1. The number of anilines is 1. The second-order valence-corrected chi connectivity index (χ2v) is 9.63. The number of methoxy groups -OCH3 is 1. The molecule has 0 bridgehead atoms. The Morgan fingerprint density at radius 1 is 1.00 bits per heavy atom. The third kappa shape index (κ3) is 4.74. The lowest BCUT2D eigenvalue weighted by Crippen LogP contribution is -2.29. The van der Waals surface area contributed by atoms with Crippen molar-refractivity contribution < 1.29 is 34.0 Å². The summed E-state index contributed by atoms with van der Waals surface area (Å²) in [5, 5.41) is 21.9. The number of carbonyl (C=O) groups is 2. The number of ether oxygens (including phenoxy) is 3. The summed E-state index contributed by atoms with van der Waals surface area (Å²) in [6.07, 6.45) is 0. The van der Waals surface area contributed by atoms with Gasteiger partial charge in [0.1, 0.15) is 17.3 Å². The fourth-order valence-corrected chi connectivity index (χ4v) is 5.54. The standard InChI is InChI=1S/C29H26N2O7S/c1-4-37-18-8-6-7-17(13-18)26(33)24-25(16-9-12-21(32)22(14-16)36-3)31(28(35)27(24)34)29-30-20-11-10-19(38-5-2)15-23(20)39-29/h6-15,25,32-33H,4-5H2,1-3H3. The van der Waals surface area contributed by atoms with E-state index < -0.39 is 17.7 Å². The summed E-state index contributed by atoms with van der Waals surface area (Å²) in [5.74, 6) is -0.826. The average Bonchev–Trinajstić information content (AvgIpc) is 3.47. The molecule has 1 aliphatic heterocycles. The van der Waals surface area contributed by atoms with Crippen molar-refractivity contribution in [3.05, 3.63) is 77.4 Å². The van der Waals surface area contributed by atoms with Crippen LogP contribution in [0.15, 0.2) is 66.2 Å². The molecule has 4 aromatic rings. The number of Topliss-reactive ketones (excluding diaryl/α,β-unsaturated/α-hetero) is 1. The molecule has 3 aromatic carbocycles. The van der Waals surface area contributed by atoms with Crippen LogP contribution in [0.2, 0.25) is 0 Å². The number of phenols is 1. The molecule has 5 rings (SSSR count). The van der Waals surface area contributed by atoms with Crippen LogP contribution >= 0.6 is 11.3 Å². The van der Waals surface area contributed by atoms with Crippen LogP contribution in [-0.2, 0) is 9.59 Å². The first-order valence-electron chi connectivity index (χ1n) is 12.3. The van der Waals surface area contributed by atoms with Gasteiger partial charge in [-0.25, -0.2) is 4.98 Å². The normalized spacial score (nSPS) is 16.6. The molecule has 1 fully saturated rings. The van der Waals surface area contributed by atoms with Gasteiger partial charge >= 0.3 is 5.91 Å². The Kier molecular flexibility index (Phi) is 7.12. The molecular formula is C29H26N2O7S. The molecule has 9 nitrogen and oxygen atoms in total. The second-order valence-electron chi connectivity index (χ2n) is 8.62. The number of amides is 1. The monoisotopic (exact) mass is 546 g/mol. The minimum Gasteiger partial charge on any atom is -0.507 e. The summed E-state index contributed by atoms with van der Waals surface area (Å²) < 4.78 is 17.2. The molecule has 2 N–H and O–H groups in total. The minimum absolute atomic E-state index is 0.106. The number of fused-ring (bicyclic) bond motifs is 1. The van der Waals surface area contributed by atoms with Gasteiger partial charge in [-0.2, -0.15) is 0 Å². The van der Waals surface area contributed by atoms with Crippen molar-refractivity contribution in [1.82, 2.24) is 4.98 Å². The van der Waals surface area contributed by atoms with Crippen molar-refractivity contribution in [3.8, 4) is 23.0 Å². The van der Waals surface area contributed by atoms with Gasteiger partial charge < -0.3 is 24.4 Å². The zero-order chi connectivity index (χ0) is 27.7. The number of phenolic OH excluding ortho intramolecular Hbond substituents is 1. The summed E-state index contributed by atoms with van der Waals surface area (Å²) in [5.41, 5.74) is 1.28. The number of nitrogens with zero attached hydrogens (tertiary/aromatic N) is 2. The number of hydrogen-bond acceptors (Lipinski definition) is 9. The van der Waals surface area contributed by atoms with Crippen LogP contribution in [0.3, 0.4) is 0 Å². The smallest absolute Gasteiger partial charge is 0.301 e. The van der Waals surface area contributed by atoms with Crippen LogP contribution < -0.4 is 19.1 Å². The first-order valence-corrected chi connectivity index (χ1v) is 13.1. The van der Waals surface area contributed by atoms with Gasteiger partial charge in [-0.05, 0) is 61.9 Å². The molecule has 200 valence electrons. The Hall–Kier alpha value is -4.57. The number of thiazole rings is 1. The number of rotatable bonds is 8. The van der Waals surface area contributed by atoms with E-state index in [-0.39, 0.29) is 28.0 Å². The molecule has 0 radical (unpaired) electrons. The molecule has 0 aliphatic carbocycles. The Morgan fingerprint density at radius 3 is 2.46 bits per heavy atom. The van der Waals surface area contributed by atoms with Gasteiger partial charge in [0.25, 0.3) is 5.78 Å². The third-order valence-corrected chi connectivity index (χ3v) is 7.27. The maximum Gasteiger partial charge on any atom is 0.301 e. The molecule has 1 aliphatic rings. The van der Waals surface area contributed by atoms with Crippen LogP contribution in [0, 0.1) is 0 Å². The van der Waals surface area contributed by atoms with Crippen molar-refractivity contribution >= 4 is 44.1 Å². The maximum atomic E-state index is 13.5. The van der Waals surface area contributed by atoms with Crippen LogP contribution in [-0.4, -0.2) is 47.2 Å². The third-order valence-electron chi connectivity index (χ3n) is 6.25. The highest BCUT2D eigenvalue weighted by Gasteiger charge is 2.48. The number of aromatic nitrogens is 1. The van der Waals surface area contributed by atoms with E-state index in [0.717, 1.165) is 4.70 Å². The Balaban J connectivity index is 1.71. The van der Waals surface area contributed by atoms with Gasteiger partial charge in [0, 0.05) is 5.56 Å². The second kappa shape index (κ2) is 10.7. The van der Waals surface area contributed by atoms with Crippen molar-refractivity contribution in [3.63, 3.8) is 0 Å². The highest BCUT2D eigenvalue weighted by molar-refractivity contribution is 7.22. The van der Waals surface area contributed by atoms with Crippen molar-refractivity contribution in [1.29, 1.82) is 0 Å². The van der Waals surface area contributed by atoms with Gasteiger partial charge in [0.2, 0.25) is 0 Å². The summed E-state index contributed by atoms with van der Waals surface area (Å²) in [7, 11) is 1.40. The van der Waals surface area contributed by atoms with E-state index in [4.69, 9.17) is 14.2 Å². The van der Waals surface area contributed by atoms with Crippen molar-refractivity contribution in [2.45, 2.75) is 19.9 Å². The molecular weight excluding hydrogens is 520 g/mol. The number of ketones is 1. The number of carbonyl (C=O) groups excluding carboxylic acids is 2. The first-order chi connectivity index (χ1) is 18.9. The average molecular weight is 547 g/mol. The van der Waals surface area contributed by atoms with Gasteiger partial charge in [-0.3, -0.25) is 14.5 Å². The number of aliphatic hydroxyl groups is 1. The highest BCUT2D eigenvalue weighted by Crippen LogP contribution is 2.46. The van der Waals surface area contributed by atoms with Gasteiger partial charge in [-0.1, -0.05) is 29.5 Å². The topological polar surface area (TPSA) is 118 Å². The first kappa shape index (κ1) is 26.1. The predicted molar refractivity (Wildman–Crippen MR) is 148 cm³/mol. The van der Waals surface area contributed by atoms with Gasteiger partial charge in [-0.15, -0.1) is 0 Å². The van der Waals surface area contributed by atoms with Gasteiger partial charge in [0.05, 0.1) is 42.2 Å². The van der Waals surface area contributed by atoms with E-state index in [9.17, 15) is 19.8 Å². The molecule has 1 amide bonds. The van der Waals surface area contributed by atoms with E-state index in [0.29, 0.717) is 41.4 Å².